The van der Waals surface area contributed by atoms with Crippen LogP contribution in [0.15, 0.2) is 24.3 Å². The Labute approximate surface area is 202 Å². The highest BCUT2D eigenvalue weighted by molar-refractivity contribution is 5.92. The predicted molar refractivity (Wildman–Crippen MR) is 130 cm³/mol. The van der Waals surface area contributed by atoms with Gasteiger partial charge < -0.3 is 14.9 Å². The molecule has 0 unspecified atom stereocenters. The lowest BCUT2D eigenvalue weighted by molar-refractivity contribution is -0.151. The number of phenolic OH excluding ortho intramolecular Hbond substituents is 1. The number of carboxylic acid groups (broad SMARTS) is 1. The van der Waals surface area contributed by atoms with E-state index in [4.69, 9.17) is 9.84 Å². The molecule has 34 heavy (non-hydrogen) atoms. The molecule has 0 heterocycles. The number of aliphatic carboxylic acids is 1. The maximum atomic E-state index is 12.8. The van der Waals surface area contributed by atoms with E-state index in [1.54, 1.807) is 12.1 Å². The first-order chi connectivity index (χ1) is 15.9. The van der Waals surface area contributed by atoms with E-state index in [0.29, 0.717) is 12.0 Å². The molecule has 4 rings (SSSR count). The van der Waals surface area contributed by atoms with Crippen LogP contribution in [0.2, 0.25) is 0 Å². The van der Waals surface area contributed by atoms with Crippen LogP contribution < -0.4 is 4.74 Å². The van der Waals surface area contributed by atoms with Gasteiger partial charge in [0.25, 0.3) is 0 Å². The fourth-order valence-corrected chi connectivity index (χ4v) is 5.87. The van der Waals surface area contributed by atoms with Crippen molar-refractivity contribution in [3.8, 4) is 11.5 Å². The van der Waals surface area contributed by atoms with Crippen LogP contribution >= 0.6 is 0 Å². The average molecular weight is 471 g/mol. The molecule has 0 aliphatic heterocycles. The summed E-state index contributed by atoms with van der Waals surface area (Å²) in [7, 11) is 0. The third-order valence-electron chi connectivity index (χ3n) is 8.14. The molecule has 0 amide bonds. The molecule has 0 aromatic heterocycles. The molecule has 0 radical (unpaired) electrons. The second-order valence-electron chi connectivity index (χ2n) is 11.2. The van der Waals surface area contributed by atoms with E-state index in [2.05, 4.69) is 34.6 Å². The van der Waals surface area contributed by atoms with Gasteiger partial charge >= 0.3 is 11.9 Å². The monoisotopic (exact) mass is 470 g/mol. The quantitative estimate of drug-likeness (QED) is 0.191. The Bertz CT molecular complexity index is 987. The average Bonchev–Trinajstić information content (AvgIpc) is 2.74. The van der Waals surface area contributed by atoms with Crippen molar-refractivity contribution in [2.45, 2.75) is 90.9 Å². The van der Waals surface area contributed by atoms with Crippen molar-refractivity contribution in [2.24, 2.45) is 17.3 Å². The third-order valence-corrected chi connectivity index (χ3v) is 8.14. The van der Waals surface area contributed by atoms with E-state index in [1.165, 1.54) is 6.42 Å². The predicted octanol–water partition coefficient (Wildman–Crippen LogP) is 5.91. The van der Waals surface area contributed by atoms with Crippen LogP contribution in [0, 0.1) is 17.3 Å². The zero-order valence-corrected chi connectivity index (χ0v) is 21.0. The van der Waals surface area contributed by atoms with Crippen molar-refractivity contribution < 1.29 is 29.3 Å². The molecule has 2 N–H and O–H groups in total. The Hall–Kier alpha value is -2.63. The first kappa shape index (κ1) is 26.0. The van der Waals surface area contributed by atoms with Crippen LogP contribution in [0.1, 0.15) is 96.6 Å². The Morgan fingerprint density at radius 2 is 1.88 bits per heavy atom. The molecular formula is C28H38O6. The number of benzene rings is 1. The number of fused-ring (bicyclic) bond motifs is 2. The first-order valence-corrected chi connectivity index (χ1v) is 12.4. The summed E-state index contributed by atoms with van der Waals surface area (Å²) < 4.78 is 5.62. The highest BCUT2D eigenvalue weighted by atomic mass is 16.5. The summed E-state index contributed by atoms with van der Waals surface area (Å²) in [4.78, 5) is 36.1. The fraction of sp³-hybridized carbons (Fsp3) is 0.607. The molecule has 6 nitrogen and oxygen atoms in total. The third kappa shape index (κ3) is 5.21. The molecule has 3 saturated carbocycles. The van der Waals surface area contributed by atoms with Gasteiger partial charge in [0, 0.05) is 36.0 Å². The van der Waals surface area contributed by atoms with Crippen LogP contribution in [0.3, 0.4) is 0 Å². The Kier molecular flexibility index (Phi) is 7.59. The van der Waals surface area contributed by atoms with Gasteiger partial charge in [0.05, 0.1) is 0 Å². The minimum absolute atomic E-state index is 0.0306. The van der Waals surface area contributed by atoms with E-state index >= 15 is 0 Å². The first-order valence-electron chi connectivity index (χ1n) is 12.4. The summed E-state index contributed by atoms with van der Waals surface area (Å²) in [6.07, 6.45) is 8.09. The molecule has 3 atom stereocenters. The topological polar surface area (TPSA) is 101 Å². The minimum atomic E-state index is -1.25. The van der Waals surface area contributed by atoms with Crippen molar-refractivity contribution in [3.05, 3.63) is 35.4 Å². The van der Waals surface area contributed by atoms with Crippen molar-refractivity contribution in [1.29, 1.82) is 0 Å². The van der Waals surface area contributed by atoms with Crippen LogP contribution in [0.25, 0.3) is 0 Å². The normalized spacial score (nSPS) is 23.6. The van der Waals surface area contributed by atoms with Crippen molar-refractivity contribution >= 4 is 17.7 Å². The van der Waals surface area contributed by atoms with E-state index in [0.717, 1.165) is 49.8 Å². The standard InChI is InChI=1S/C28H38O6/c1-6-7-8-9-12-27(2,3)17-13-22(30)26(23(14-17)34-25(33)11-10-24(31)32)18-15-21(29)20-16-19(18)28(20,4)5/h10-11,13-14,18-20,30H,6-9,12,15-16H2,1-5H3,(H,31,32)/b11-10+/t18-,19-,20+/m1/s1. The van der Waals surface area contributed by atoms with Crippen molar-refractivity contribution in [2.75, 3.05) is 0 Å². The van der Waals surface area contributed by atoms with Crippen LogP contribution in [0.5, 0.6) is 11.5 Å². The second-order valence-corrected chi connectivity index (χ2v) is 11.2. The fourth-order valence-electron chi connectivity index (χ4n) is 5.87. The SMILES string of the molecule is CCCCCCC(C)(C)c1cc(O)c([C@@H]2CC(=O)[C@@H]3C[C@H]2C3(C)C)c(OC(=O)/C=C/C(=O)O)c1. The molecule has 6 heteroatoms. The van der Waals surface area contributed by atoms with E-state index < -0.39 is 11.9 Å². The summed E-state index contributed by atoms with van der Waals surface area (Å²) in [6.45, 7) is 10.5. The summed E-state index contributed by atoms with van der Waals surface area (Å²) in [6, 6.07) is 3.55. The number of esters is 1. The van der Waals surface area contributed by atoms with E-state index in [9.17, 15) is 19.5 Å². The molecule has 3 aliphatic rings. The highest BCUT2D eigenvalue weighted by Gasteiger charge is 2.59. The van der Waals surface area contributed by atoms with Gasteiger partial charge in [0.15, 0.2) is 0 Å². The van der Waals surface area contributed by atoms with Crippen molar-refractivity contribution in [1.82, 2.24) is 0 Å². The van der Waals surface area contributed by atoms with Gasteiger partial charge in [-0.2, -0.15) is 0 Å². The Morgan fingerprint density at radius 3 is 2.47 bits per heavy atom. The van der Waals surface area contributed by atoms with Gasteiger partial charge in [0.1, 0.15) is 17.3 Å². The number of carbonyl (C=O) groups excluding carboxylic acids is 2. The molecule has 0 saturated heterocycles. The number of ether oxygens (including phenoxy) is 1. The molecule has 186 valence electrons. The summed E-state index contributed by atoms with van der Waals surface area (Å²) in [5.41, 5.74) is 0.898. The molecule has 3 aliphatic carbocycles. The highest BCUT2D eigenvalue weighted by Crippen LogP contribution is 2.64. The smallest absolute Gasteiger partial charge is 0.336 e. The van der Waals surface area contributed by atoms with Crippen LogP contribution in [-0.2, 0) is 19.8 Å². The number of hydrogen-bond acceptors (Lipinski definition) is 5. The lowest BCUT2D eigenvalue weighted by Crippen LogP contribution is -2.56. The number of Topliss-reactive ketones (excluding diaryl/α,β-unsaturated/α-hetero) is 1. The van der Waals surface area contributed by atoms with Gasteiger partial charge in [-0.25, -0.2) is 9.59 Å². The van der Waals surface area contributed by atoms with Crippen LogP contribution in [0.4, 0.5) is 0 Å². The molecule has 2 bridgehead atoms. The summed E-state index contributed by atoms with van der Waals surface area (Å²) in [5, 5.41) is 20.1. The second kappa shape index (κ2) is 9.93. The maximum Gasteiger partial charge on any atom is 0.336 e. The molecule has 0 spiro atoms. The number of ketones is 1. The number of carbonyl (C=O) groups is 3. The minimum Gasteiger partial charge on any atom is -0.508 e. The van der Waals surface area contributed by atoms with Gasteiger partial charge in [0.2, 0.25) is 0 Å². The zero-order valence-electron chi connectivity index (χ0n) is 21.0. The summed E-state index contributed by atoms with van der Waals surface area (Å²) in [5.74, 6) is -1.65. The maximum absolute atomic E-state index is 12.8. The van der Waals surface area contributed by atoms with Gasteiger partial charge in [-0.05, 0) is 47.3 Å². The lowest BCUT2D eigenvalue weighted by Gasteiger charge is -2.59. The number of unbranched alkanes of at least 4 members (excludes halogenated alkanes) is 3. The Balaban J connectivity index is 2.00. The van der Waals surface area contributed by atoms with Gasteiger partial charge in [-0.15, -0.1) is 0 Å². The number of rotatable bonds is 10. The van der Waals surface area contributed by atoms with Gasteiger partial charge in [-0.3, -0.25) is 4.79 Å². The Morgan fingerprint density at radius 1 is 1.18 bits per heavy atom. The van der Waals surface area contributed by atoms with E-state index in [-0.39, 0.29) is 45.9 Å². The number of carboxylic acids is 1. The molecule has 1 aromatic rings. The molecule has 3 fully saturated rings. The lowest BCUT2D eigenvalue weighted by atomic mass is 9.44. The van der Waals surface area contributed by atoms with Crippen LogP contribution in [-0.4, -0.2) is 27.9 Å². The molecular weight excluding hydrogens is 432 g/mol. The van der Waals surface area contributed by atoms with Crippen molar-refractivity contribution in [3.63, 3.8) is 0 Å². The molecule has 1 aromatic carbocycles. The zero-order chi connectivity index (χ0) is 25.3. The number of aromatic hydroxyl groups is 1. The summed E-state index contributed by atoms with van der Waals surface area (Å²) >= 11 is 0. The largest absolute Gasteiger partial charge is 0.508 e. The van der Waals surface area contributed by atoms with Gasteiger partial charge in [-0.1, -0.05) is 60.3 Å². The number of hydrogen-bond donors (Lipinski definition) is 2. The number of phenols is 1. The van der Waals surface area contributed by atoms with E-state index in [1.807, 2.05) is 0 Å².